The maximum absolute atomic E-state index is 13.9. The monoisotopic (exact) mass is 680 g/mol. The Morgan fingerprint density at radius 1 is 0.816 bits per heavy atom. The van der Waals surface area contributed by atoms with Crippen molar-refractivity contribution < 1.29 is 28.2 Å². The van der Waals surface area contributed by atoms with Crippen LogP contribution in [0.5, 0.6) is 17.2 Å². The Morgan fingerprint density at radius 3 is 2.02 bits per heavy atom. The van der Waals surface area contributed by atoms with Crippen molar-refractivity contribution in [3.8, 4) is 22.9 Å². The molecule has 6 rings (SSSR count). The van der Waals surface area contributed by atoms with Gasteiger partial charge >= 0.3 is 0 Å². The molecule has 250 valence electrons. The highest BCUT2D eigenvalue weighted by atomic mass is 32.2. The number of nitrogens with zero attached hydrogens (tertiary/aromatic N) is 5. The summed E-state index contributed by atoms with van der Waals surface area (Å²) < 4.78 is 31.4. The molecular weight excluding hydrogens is 647 g/mol. The minimum absolute atomic E-state index is 0.0103. The lowest BCUT2D eigenvalue weighted by molar-refractivity contribution is -0.130. The number of carbonyl (C=O) groups is 2. The topological polar surface area (TPSA) is 120 Å². The number of carbonyl (C=O) groups excluding carboxylic acids is 2. The van der Waals surface area contributed by atoms with Crippen molar-refractivity contribution >= 4 is 29.3 Å². The Labute approximate surface area is 286 Å². The van der Waals surface area contributed by atoms with E-state index in [1.165, 1.54) is 28.9 Å². The SMILES string of the molecule is COc1ccc(C(=O)NCc2nnc(SCC(=O)N3N=C(c4ccc(OC)cc4)C[C@H]3c3ccc(OC)cc3)n2-c2ccc(F)cc2)cc1. The Hall–Kier alpha value is -5.69. The molecule has 13 heteroatoms. The highest BCUT2D eigenvalue weighted by Crippen LogP contribution is 2.35. The van der Waals surface area contributed by atoms with Gasteiger partial charge < -0.3 is 19.5 Å². The van der Waals surface area contributed by atoms with Gasteiger partial charge in [-0.2, -0.15) is 5.10 Å². The first kappa shape index (κ1) is 33.2. The molecule has 2 heterocycles. The second-order valence-electron chi connectivity index (χ2n) is 10.9. The van der Waals surface area contributed by atoms with E-state index in [-0.39, 0.29) is 30.2 Å². The van der Waals surface area contributed by atoms with Gasteiger partial charge in [-0.05, 0) is 96.1 Å². The lowest BCUT2D eigenvalue weighted by atomic mass is 9.98. The zero-order valence-corrected chi connectivity index (χ0v) is 27.8. The normalized spacial score (nSPS) is 13.9. The van der Waals surface area contributed by atoms with Gasteiger partial charge in [-0.1, -0.05) is 23.9 Å². The number of hydrogen-bond donors (Lipinski definition) is 1. The lowest BCUT2D eigenvalue weighted by Crippen LogP contribution is -2.28. The van der Waals surface area contributed by atoms with Crippen LogP contribution in [0.4, 0.5) is 4.39 Å². The van der Waals surface area contributed by atoms with E-state index in [0.717, 1.165) is 22.6 Å². The molecule has 0 radical (unpaired) electrons. The molecule has 0 bridgehead atoms. The van der Waals surface area contributed by atoms with E-state index in [1.54, 1.807) is 62.3 Å². The van der Waals surface area contributed by atoms with Crippen molar-refractivity contribution in [2.75, 3.05) is 27.1 Å². The van der Waals surface area contributed by atoms with Crippen molar-refractivity contribution in [3.05, 3.63) is 125 Å². The van der Waals surface area contributed by atoms with Gasteiger partial charge in [-0.3, -0.25) is 14.2 Å². The van der Waals surface area contributed by atoms with Crippen LogP contribution in [0, 0.1) is 5.82 Å². The maximum Gasteiger partial charge on any atom is 0.253 e. The molecule has 5 aromatic rings. The molecule has 1 aliphatic heterocycles. The van der Waals surface area contributed by atoms with Crippen molar-refractivity contribution in [2.45, 2.75) is 24.2 Å². The van der Waals surface area contributed by atoms with Gasteiger partial charge in [0.1, 0.15) is 23.1 Å². The fourth-order valence-electron chi connectivity index (χ4n) is 5.34. The molecule has 1 N–H and O–H groups in total. The number of methoxy groups -OCH3 is 3. The third-order valence-corrected chi connectivity index (χ3v) is 8.87. The van der Waals surface area contributed by atoms with E-state index in [0.29, 0.717) is 40.2 Å². The van der Waals surface area contributed by atoms with E-state index < -0.39 is 5.82 Å². The van der Waals surface area contributed by atoms with Gasteiger partial charge in [0.2, 0.25) is 0 Å². The zero-order valence-electron chi connectivity index (χ0n) is 27.0. The van der Waals surface area contributed by atoms with Crippen molar-refractivity contribution in [2.24, 2.45) is 5.10 Å². The molecule has 0 saturated carbocycles. The van der Waals surface area contributed by atoms with E-state index in [1.807, 2.05) is 48.5 Å². The van der Waals surface area contributed by atoms with E-state index in [9.17, 15) is 14.0 Å². The van der Waals surface area contributed by atoms with E-state index in [2.05, 4.69) is 15.5 Å². The number of thioether (sulfide) groups is 1. The molecule has 1 aliphatic rings. The predicted octanol–water partition coefficient (Wildman–Crippen LogP) is 5.83. The molecule has 0 fully saturated rings. The fourth-order valence-corrected chi connectivity index (χ4v) is 6.16. The van der Waals surface area contributed by atoms with Crippen LogP contribution in [0.15, 0.2) is 107 Å². The maximum atomic E-state index is 13.9. The predicted molar refractivity (Wildman–Crippen MR) is 183 cm³/mol. The van der Waals surface area contributed by atoms with E-state index >= 15 is 0 Å². The summed E-state index contributed by atoms with van der Waals surface area (Å²) in [4.78, 5) is 26.8. The number of hydrogen-bond acceptors (Lipinski definition) is 9. The summed E-state index contributed by atoms with van der Waals surface area (Å²) in [5, 5.41) is 18.2. The number of ether oxygens (including phenoxy) is 3. The first-order valence-corrected chi connectivity index (χ1v) is 16.3. The molecule has 11 nitrogen and oxygen atoms in total. The smallest absolute Gasteiger partial charge is 0.253 e. The molecule has 1 atom stereocenters. The van der Waals surface area contributed by atoms with Crippen LogP contribution in [0.25, 0.3) is 5.69 Å². The lowest BCUT2D eigenvalue weighted by Gasteiger charge is -2.22. The third kappa shape index (κ3) is 7.57. The van der Waals surface area contributed by atoms with Gasteiger partial charge in [-0.15, -0.1) is 10.2 Å². The molecule has 1 aromatic heterocycles. The summed E-state index contributed by atoms with van der Waals surface area (Å²) in [5.41, 5.74) is 3.59. The number of nitrogens with one attached hydrogen (secondary N) is 1. The van der Waals surface area contributed by atoms with Gasteiger partial charge in [0.05, 0.1) is 45.4 Å². The summed E-state index contributed by atoms with van der Waals surface area (Å²) in [5.74, 6) is 1.51. The second-order valence-corrected chi connectivity index (χ2v) is 11.9. The number of halogens is 1. The highest BCUT2D eigenvalue weighted by Gasteiger charge is 2.33. The molecule has 2 amide bonds. The summed E-state index contributed by atoms with van der Waals surface area (Å²) in [7, 11) is 4.77. The Balaban J connectivity index is 1.23. The summed E-state index contributed by atoms with van der Waals surface area (Å²) in [6.45, 7) is 0.0327. The molecule has 0 spiro atoms. The van der Waals surface area contributed by atoms with Crippen molar-refractivity contribution in [1.29, 1.82) is 0 Å². The average molecular weight is 681 g/mol. The van der Waals surface area contributed by atoms with Crippen LogP contribution in [0.2, 0.25) is 0 Å². The van der Waals surface area contributed by atoms with E-state index in [4.69, 9.17) is 19.3 Å². The Bertz CT molecular complexity index is 1950. The van der Waals surface area contributed by atoms with Crippen molar-refractivity contribution in [3.63, 3.8) is 0 Å². The molecule has 4 aromatic carbocycles. The standard InChI is InChI=1S/C36H33FN6O5S/c1-46-28-14-4-23(5-15-28)31-20-32(24-6-16-29(47-2)17-7-24)43(41-31)34(44)22-49-36-40-39-33(42(36)27-12-10-26(37)11-13-27)21-38-35(45)25-8-18-30(48-3)19-9-25/h4-19,32H,20-22H2,1-3H3,(H,38,45)/t32-/m0/s1. The Kier molecular flexibility index (Phi) is 10.2. The summed E-state index contributed by atoms with van der Waals surface area (Å²) in [6.07, 6.45) is 0.513. The van der Waals surface area contributed by atoms with Crippen LogP contribution in [-0.4, -0.2) is 64.4 Å². The first-order valence-electron chi connectivity index (χ1n) is 15.3. The van der Waals surface area contributed by atoms with Crippen LogP contribution in [0.3, 0.4) is 0 Å². The Morgan fingerprint density at radius 2 is 1.41 bits per heavy atom. The second kappa shape index (κ2) is 15.0. The van der Waals surface area contributed by atoms with Gasteiger partial charge in [0.25, 0.3) is 11.8 Å². The van der Waals surface area contributed by atoms with Crippen molar-refractivity contribution in [1.82, 2.24) is 25.1 Å². The number of hydrazone groups is 1. The molecular formula is C36H33FN6O5S. The summed E-state index contributed by atoms with van der Waals surface area (Å²) >= 11 is 1.17. The number of amides is 2. The number of rotatable bonds is 12. The minimum atomic E-state index is -0.403. The fraction of sp³-hybridized carbons (Fsp3) is 0.194. The van der Waals surface area contributed by atoms with Gasteiger partial charge in [0.15, 0.2) is 11.0 Å². The highest BCUT2D eigenvalue weighted by molar-refractivity contribution is 7.99. The third-order valence-electron chi connectivity index (χ3n) is 7.96. The molecule has 0 saturated heterocycles. The average Bonchev–Trinajstić information content (AvgIpc) is 3.78. The van der Waals surface area contributed by atoms with Crippen LogP contribution >= 0.6 is 11.8 Å². The minimum Gasteiger partial charge on any atom is -0.497 e. The zero-order chi connectivity index (χ0) is 34.3. The number of aromatic nitrogens is 3. The first-order chi connectivity index (χ1) is 23.9. The quantitative estimate of drug-likeness (QED) is 0.164. The van der Waals surface area contributed by atoms with Crippen LogP contribution in [0.1, 0.15) is 39.8 Å². The van der Waals surface area contributed by atoms with Gasteiger partial charge in [-0.25, -0.2) is 9.40 Å². The molecule has 0 aliphatic carbocycles. The largest absolute Gasteiger partial charge is 0.497 e. The molecule has 0 unspecified atom stereocenters. The summed E-state index contributed by atoms with van der Waals surface area (Å²) in [6, 6.07) is 27.4. The number of benzene rings is 4. The van der Waals surface area contributed by atoms with Crippen LogP contribution < -0.4 is 19.5 Å². The molecule has 49 heavy (non-hydrogen) atoms. The van der Waals surface area contributed by atoms with Crippen LogP contribution in [-0.2, 0) is 11.3 Å². The van der Waals surface area contributed by atoms with Gasteiger partial charge in [0, 0.05) is 17.7 Å².